The topological polar surface area (TPSA) is 49.3 Å². The van der Waals surface area contributed by atoms with Crippen molar-refractivity contribution in [2.24, 2.45) is 4.99 Å². The van der Waals surface area contributed by atoms with E-state index in [1.165, 1.54) is 5.56 Å². The van der Waals surface area contributed by atoms with Crippen LogP contribution in [0.2, 0.25) is 0 Å². The SMILES string of the molecule is CN=C(NCCc1nc(C(F)(F)F)cs1)NCc1cccc(C)c1. The summed E-state index contributed by atoms with van der Waals surface area (Å²) >= 11 is 1.02. The van der Waals surface area contributed by atoms with Crippen LogP contribution in [0.3, 0.4) is 0 Å². The van der Waals surface area contributed by atoms with Gasteiger partial charge in [0.2, 0.25) is 0 Å². The Morgan fingerprint density at radius 2 is 2.08 bits per heavy atom. The van der Waals surface area contributed by atoms with Crippen molar-refractivity contribution in [1.29, 1.82) is 0 Å². The van der Waals surface area contributed by atoms with E-state index in [-0.39, 0.29) is 0 Å². The number of alkyl halides is 3. The second kappa shape index (κ2) is 8.14. The monoisotopic (exact) mass is 356 g/mol. The summed E-state index contributed by atoms with van der Waals surface area (Å²) in [4.78, 5) is 7.70. The summed E-state index contributed by atoms with van der Waals surface area (Å²) in [7, 11) is 1.65. The molecule has 1 aromatic carbocycles. The van der Waals surface area contributed by atoms with Gasteiger partial charge in [-0.25, -0.2) is 4.98 Å². The molecule has 2 aromatic rings. The number of guanidine groups is 1. The lowest BCUT2D eigenvalue weighted by molar-refractivity contribution is -0.140. The summed E-state index contributed by atoms with van der Waals surface area (Å²) in [6.07, 6.45) is -3.97. The first-order valence-corrected chi connectivity index (χ1v) is 8.28. The van der Waals surface area contributed by atoms with Gasteiger partial charge in [-0.15, -0.1) is 11.3 Å². The summed E-state index contributed by atoms with van der Waals surface area (Å²) in [5.41, 5.74) is 1.48. The van der Waals surface area contributed by atoms with Gasteiger partial charge in [0.15, 0.2) is 11.7 Å². The first-order chi connectivity index (χ1) is 11.4. The maximum Gasteiger partial charge on any atom is 0.434 e. The van der Waals surface area contributed by atoms with Crippen LogP contribution in [0.5, 0.6) is 0 Å². The third kappa shape index (κ3) is 5.52. The molecule has 0 amide bonds. The summed E-state index contributed by atoms with van der Waals surface area (Å²) in [6, 6.07) is 8.11. The number of hydrogen-bond donors (Lipinski definition) is 2. The van der Waals surface area contributed by atoms with Gasteiger partial charge in [0.25, 0.3) is 0 Å². The van der Waals surface area contributed by atoms with Crippen molar-refractivity contribution in [3.8, 4) is 0 Å². The van der Waals surface area contributed by atoms with Crippen molar-refractivity contribution >= 4 is 17.3 Å². The van der Waals surface area contributed by atoms with E-state index >= 15 is 0 Å². The molecule has 0 aliphatic rings. The van der Waals surface area contributed by atoms with Gasteiger partial charge in [-0.2, -0.15) is 13.2 Å². The van der Waals surface area contributed by atoms with Gasteiger partial charge in [0.05, 0.1) is 5.01 Å². The average molecular weight is 356 g/mol. The minimum absolute atomic E-state index is 0.409. The summed E-state index contributed by atoms with van der Waals surface area (Å²) in [6.45, 7) is 3.11. The molecule has 0 aliphatic carbocycles. The van der Waals surface area contributed by atoms with Gasteiger partial charge in [-0.05, 0) is 12.5 Å². The number of aromatic nitrogens is 1. The van der Waals surface area contributed by atoms with Crippen LogP contribution >= 0.6 is 11.3 Å². The van der Waals surface area contributed by atoms with Gasteiger partial charge in [-0.3, -0.25) is 4.99 Å². The zero-order valence-electron chi connectivity index (χ0n) is 13.4. The number of benzene rings is 1. The van der Waals surface area contributed by atoms with Gasteiger partial charge < -0.3 is 10.6 Å². The van der Waals surface area contributed by atoms with Crippen molar-refractivity contribution in [2.45, 2.75) is 26.1 Å². The fourth-order valence-corrected chi connectivity index (χ4v) is 2.88. The van der Waals surface area contributed by atoms with E-state index in [2.05, 4.69) is 26.7 Å². The molecule has 4 nitrogen and oxygen atoms in total. The van der Waals surface area contributed by atoms with Crippen molar-refractivity contribution in [3.05, 3.63) is 51.5 Å². The lowest BCUT2D eigenvalue weighted by Crippen LogP contribution is -2.37. The minimum atomic E-state index is -4.38. The minimum Gasteiger partial charge on any atom is -0.356 e. The van der Waals surface area contributed by atoms with Crippen LogP contribution in [-0.2, 0) is 19.1 Å². The summed E-state index contributed by atoms with van der Waals surface area (Å²) < 4.78 is 37.5. The van der Waals surface area contributed by atoms with Crippen LogP contribution < -0.4 is 10.6 Å². The van der Waals surface area contributed by atoms with Crippen molar-refractivity contribution in [1.82, 2.24) is 15.6 Å². The second-order valence-electron chi connectivity index (χ2n) is 5.22. The zero-order valence-corrected chi connectivity index (χ0v) is 14.3. The number of aryl methyl sites for hydroxylation is 1. The number of thiazole rings is 1. The number of rotatable bonds is 5. The Kier molecular flexibility index (Phi) is 6.19. The molecule has 24 heavy (non-hydrogen) atoms. The molecule has 0 aliphatic heterocycles. The molecule has 0 spiro atoms. The molecule has 1 aromatic heterocycles. The van der Waals surface area contributed by atoms with Crippen molar-refractivity contribution in [2.75, 3.05) is 13.6 Å². The predicted molar refractivity (Wildman–Crippen MR) is 90.2 cm³/mol. The van der Waals surface area contributed by atoms with Crippen LogP contribution in [0.4, 0.5) is 13.2 Å². The maximum absolute atomic E-state index is 12.5. The third-order valence-electron chi connectivity index (χ3n) is 3.24. The van der Waals surface area contributed by atoms with Crippen molar-refractivity contribution < 1.29 is 13.2 Å². The Balaban J connectivity index is 1.78. The normalized spacial score (nSPS) is 12.3. The highest BCUT2D eigenvalue weighted by Crippen LogP contribution is 2.29. The maximum atomic E-state index is 12.5. The smallest absolute Gasteiger partial charge is 0.356 e. The highest BCUT2D eigenvalue weighted by Gasteiger charge is 2.33. The van der Waals surface area contributed by atoms with Crippen LogP contribution in [0.25, 0.3) is 0 Å². The van der Waals surface area contributed by atoms with E-state index in [1.807, 2.05) is 25.1 Å². The summed E-state index contributed by atoms with van der Waals surface area (Å²) in [5, 5.41) is 7.74. The Morgan fingerprint density at radius 1 is 1.29 bits per heavy atom. The van der Waals surface area contributed by atoms with Crippen LogP contribution in [0.15, 0.2) is 34.6 Å². The third-order valence-corrected chi connectivity index (χ3v) is 4.15. The molecule has 2 N–H and O–H groups in total. The number of halogens is 3. The predicted octanol–water partition coefficient (Wildman–Crippen LogP) is 3.38. The Morgan fingerprint density at radius 3 is 2.71 bits per heavy atom. The molecule has 0 atom stereocenters. The Bertz CT molecular complexity index is 695. The molecule has 8 heteroatoms. The largest absolute Gasteiger partial charge is 0.434 e. The van der Waals surface area contributed by atoms with Crippen LogP contribution in [0, 0.1) is 6.92 Å². The average Bonchev–Trinajstić information content (AvgIpc) is 3.00. The van der Waals surface area contributed by atoms with Gasteiger partial charge in [-0.1, -0.05) is 29.8 Å². The van der Waals surface area contributed by atoms with E-state index in [4.69, 9.17) is 0 Å². The Labute approximate surface area is 142 Å². The number of hydrogen-bond acceptors (Lipinski definition) is 3. The lowest BCUT2D eigenvalue weighted by Gasteiger charge is -2.11. The fraction of sp³-hybridized carbons (Fsp3) is 0.375. The van der Waals surface area contributed by atoms with Gasteiger partial charge >= 0.3 is 6.18 Å². The standard InChI is InChI=1S/C16H19F3N4S/c1-11-4-3-5-12(8-11)9-22-15(20-2)21-7-6-14-23-13(10-24-14)16(17,18)19/h3-5,8,10H,6-7,9H2,1-2H3,(H2,20,21,22). The van der Waals surface area contributed by atoms with Gasteiger partial charge in [0, 0.05) is 31.9 Å². The Hall–Kier alpha value is -2.09. The molecule has 0 fully saturated rings. The molecule has 0 unspecified atom stereocenters. The molecule has 0 saturated heterocycles. The van der Waals surface area contributed by atoms with E-state index in [9.17, 15) is 13.2 Å². The summed E-state index contributed by atoms with van der Waals surface area (Å²) in [5.74, 6) is 0.601. The first-order valence-electron chi connectivity index (χ1n) is 7.40. The van der Waals surface area contributed by atoms with Crippen molar-refractivity contribution in [3.63, 3.8) is 0 Å². The zero-order chi connectivity index (χ0) is 17.6. The fourth-order valence-electron chi connectivity index (χ4n) is 2.07. The quantitative estimate of drug-likeness (QED) is 0.638. The van der Waals surface area contributed by atoms with Gasteiger partial charge in [0.1, 0.15) is 0 Å². The van der Waals surface area contributed by atoms with E-state index in [1.54, 1.807) is 7.05 Å². The molecule has 130 valence electrons. The van der Waals surface area contributed by atoms with Crippen LogP contribution in [0.1, 0.15) is 21.8 Å². The lowest BCUT2D eigenvalue weighted by atomic mass is 10.1. The highest BCUT2D eigenvalue weighted by atomic mass is 32.1. The molecule has 1 heterocycles. The second-order valence-corrected chi connectivity index (χ2v) is 6.16. The molecular weight excluding hydrogens is 337 g/mol. The molecule has 2 rings (SSSR count). The molecule has 0 saturated carbocycles. The molecule has 0 radical (unpaired) electrons. The van der Waals surface area contributed by atoms with E-state index in [0.29, 0.717) is 30.5 Å². The molecule has 0 bridgehead atoms. The van der Waals surface area contributed by atoms with Crippen LogP contribution in [-0.4, -0.2) is 24.5 Å². The highest BCUT2D eigenvalue weighted by molar-refractivity contribution is 7.09. The number of nitrogens with zero attached hydrogens (tertiary/aromatic N) is 2. The van der Waals surface area contributed by atoms with E-state index < -0.39 is 11.9 Å². The van der Waals surface area contributed by atoms with E-state index in [0.717, 1.165) is 22.3 Å². The first kappa shape index (κ1) is 18.3. The number of nitrogens with one attached hydrogen (secondary N) is 2. The molecular formula is C16H19F3N4S. The number of aliphatic imine (C=N–C) groups is 1.